The van der Waals surface area contributed by atoms with Crippen molar-refractivity contribution in [3.63, 3.8) is 0 Å². The number of hydrogen-bond donors (Lipinski definition) is 1. The van der Waals surface area contributed by atoms with Crippen LogP contribution in [-0.4, -0.2) is 14.1 Å². The lowest BCUT2D eigenvalue weighted by Crippen LogP contribution is -3.04. The van der Waals surface area contributed by atoms with Gasteiger partial charge in [0.2, 0.25) is 0 Å². The highest BCUT2D eigenvalue weighted by atomic mass is 32.1. The molecule has 1 N–H and O–H groups in total. The maximum Gasteiger partial charge on any atom is 0.127 e. The third kappa shape index (κ3) is 6.06. The number of nitrogens with one attached hydrogen (secondary N) is 1. The first kappa shape index (κ1) is 22.8. The van der Waals surface area contributed by atoms with Crippen LogP contribution in [0.5, 0.6) is 5.75 Å². The molecule has 31 heavy (non-hydrogen) atoms. The van der Waals surface area contributed by atoms with Gasteiger partial charge in [-0.3, -0.25) is 0 Å². The number of thiophene rings is 1. The van der Waals surface area contributed by atoms with Gasteiger partial charge >= 0.3 is 0 Å². The van der Waals surface area contributed by atoms with Crippen LogP contribution in [0.15, 0.2) is 90.3 Å². The predicted octanol–water partition coefficient (Wildman–Crippen LogP) is 6.33. The van der Waals surface area contributed by atoms with Crippen LogP contribution >= 0.6 is 11.3 Å². The molecule has 0 amide bonds. The molecule has 4 rings (SSSR count). The Morgan fingerprint density at radius 2 is 1.39 bits per heavy atom. The topological polar surface area (TPSA) is 13.7 Å². The fourth-order valence-electron chi connectivity index (χ4n) is 3.48. The zero-order chi connectivity index (χ0) is 22.1. The standard InChI is InChI=1S/C26H25NOS.C2H6/c1-27(2)18-20-12-14-22(15-13-20)26-24(16-17-29-26)23-10-6-7-11-25(23)28-19-21-8-4-3-5-9-21;1-2/h3-17H,18-19H2,1-2H3;1-2H3/p+1. The van der Waals surface area contributed by atoms with Gasteiger partial charge in [0, 0.05) is 21.6 Å². The molecule has 3 heteroatoms. The number of ether oxygens (including phenoxy) is 1. The number of para-hydroxylation sites is 1. The Morgan fingerprint density at radius 3 is 2.10 bits per heavy atom. The molecule has 0 aliphatic carbocycles. The van der Waals surface area contributed by atoms with Crippen LogP contribution in [0.4, 0.5) is 0 Å². The van der Waals surface area contributed by atoms with Crippen molar-refractivity contribution in [3.8, 4) is 27.3 Å². The second-order valence-corrected chi connectivity index (χ2v) is 8.43. The second kappa shape index (κ2) is 11.5. The average molecular weight is 431 g/mol. The summed E-state index contributed by atoms with van der Waals surface area (Å²) >= 11 is 1.78. The van der Waals surface area contributed by atoms with Gasteiger partial charge in [-0.25, -0.2) is 0 Å². The highest BCUT2D eigenvalue weighted by molar-refractivity contribution is 7.14. The summed E-state index contributed by atoms with van der Waals surface area (Å²) in [4.78, 5) is 2.71. The fraction of sp³-hybridized carbons (Fsp3) is 0.214. The summed E-state index contributed by atoms with van der Waals surface area (Å²) < 4.78 is 6.20. The highest BCUT2D eigenvalue weighted by Crippen LogP contribution is 2.40. The Balaban J connectivity index is 0.00000132. The van der Waals surface area contributed by atoms with Crippen molar-refractivity contribution < 1.29 is 9.64 Å². The van der Waals surface area contributed by atoms with Crippen LogP contribution in [0.3, 0.4) is 0 Å². The minimum absolute atomic E-state index is 0.568. The summed E-state index contributed by atoms with van der Waals surface area (Å²) in [5.74, 6) is 0.920. The number of rotatable bonds is 7. The number of hydrogen-bond acceptors (Lipinski definition) is 2. The van der Waals surface area contributed by atoms with Crippen molar-refractivity contribution in [2.45, 2.75) is 27.0 Å². The largest absolute Gasteiger partial charge is 0.488 e. The molecule has 0 spiro atoms. The molecular formula is C28H32NOS+. The van der Waals surface area contributed by atoms with Gasteiger partial charge in [0.05, 0.1) is 14.1 Å². The minimum atomic E-state index is 0.568. The SMILES string of the molecule is CC.C[NH+](C)Cc1ccc(-c2sccc2-c2ccccc2OCc2ccccc2)cc1. The van der Waals surface area contributed by atoms with Gasteiger partial charge in [-0.1, -0.05) is 86.6 Å². The van der Waals surface area contributed by atoms with E-state index in [2.05, 4.69) is 80.1 Å². The molecular weight excluding hydrogens is 398 g/mol. The van der Waals surface area contributed by atoms with Crippen molar-refractivity contribution >= 4 is 11.3 Å². The molecule has 160 valence electrons. The smallest absolute Gasteiger partial charge is 0.127 e. The third-order valence-corrected chi connectivity index (χ3v) is 5.82. The number of quaternary nitrogens is 1. The molecule has 0 aliphatic heterocycles. The van der Waals surface area contributed by atoms with E-state index in [1.807, 2.05) is 38.1 Å². The first-order chi connectivity index (χ1) is 15.2. The van der Waals surface area contributed by atoms with Gasteiger partial charge in [0.15, 0.2) is 0 Å². The molecule has 0 radical (unpaired) electrons. The van der Waals surface area contributed by atoms with Gasteiger partial charge in [0.1, 0.15) is 18.9 Å². The van der Waals surface area contributed by atoms with Gasteiger partial charge in [-0.2, -0.15) is 0 Å². The Hall–Kier alpha value is -2.88. The Bertz CT molecular complexity index is 1050. The van der Waals surface area contributed by atoms with Gasteiger partial charge in [-0.05, 0) is 28.6 Å². The van der Waals surface area contributed by atoms with E-state index in [0.717, 1.165) is 17.9 Å². The van der Waals surface area contributed by atoms with Crippen LogP contribution < -0.4 is 9.64 Å². The number of benzene rings is 3. The van der Waals surface area contributed by atoms with E-state index < -0.39 is 0 Å². The van der Waals surface area contributed by atoms with E-state index in [1.54, 1.807) is 11.3 Å². The van der Waals surface area contributed by atoms with E-state index in [1.165, 1.54) is 32.0 Å². The molecule has 3 aromatic carbocycles. The molecule has 1 aromatic heterocycles. The molecule has 2 nitrogen and oxygen atoms in total. The Kier molecular flexibility index (Phi) is 8.45. The molecule has 0 bridgehead atoms. The van der Waals surface area contributed by atoms with Crippen molar-refractivity contribution in [2.24, 2.45) is 0 Å². The third-order valence-electron chi connectivity index (χ3n) is 4.85. The van der Waals surface area contributed by atoms with Gasteiger partial charge in [-0.15, -0.1) is 11.3 Å². The molecule has 1 heterocycles. The minimum Gasteiger partial charge on any atom is -0.488 e. The van der Waals surface area contributed by atoms with E-state index in [9.17, 15) is 0 Å². The quantitative estimate of drug-likeness (QED) is 0.362. The Labute approximate surface area is 190 Å². The molecule has 0 saturated carbocycles. The molecule has 0 atom stereocenters. The summed E-state index contributed by atoms with van der Waals surface area (Å²) in [6, 6.07) is 29.8. The van der Waals surface area contributed by atoms with E-state index in [-0.39, 0.29) is 0 Å². The molecule has 0 saturated heterocycles. The molecule has 0 unspecified atom stereocenters. The maximum absolute atomic E-state index is 6.20. The van der Waals surface area contributed by atoms with E-state index >= 15 is 0 Å². The summed E-state index contributed by atoms with van der Waals surface area (Å²) in [6.07, 6.45) is 0. The summed E-state index contributed by atoms with van der Waals surface area (Å²) in [7, 11) is 4.36. The molecule has 0 fully saturated rings. The lowest BCUT2D eigenvalue weighted by molar-refractivity contribution is -0.872. The van der Waals surface area contributed by atoms with E-state index in [0.29, 0.717) is 6.61 Å². The van der Waals surface area contributed by atoms with Gasteiger partial charge in [0.25, 0.3) is 0 Å². The van der Waals surface area contributed by atoms with Crippen molar-refractivity contribution in [2.75, 3.05) is 14.1 Å². The van der Waals surface area contributed by atoms with Gasteiger partial charge < -0.3 is 9.64 Å². The first-order valence-electron chi connectivity index (χ1n) is 10.9. The summed E-state index contributed by atoms with van der Waals surface area (Å²) in [5, 5.41) is 2.16. The van der Waals surface area contributed by atoms with Crippen LogP contribution in [-0.2, 0) is 13.2 Å². The van der Waals surface area contributed by atoms with Crippen LogP contribution in [0, 0.1) is 0 Å². The maximum atomic E-state index is 6.20. The Morgan fingerprint density at radius 1 is 0.710 bits per heavy atom. The predicted molar refractivity (Wildman–Crippen MR) is 134 cm³/mol. The monoisotopic (exact) mass is 430 g/mol. The fourth-order valence-corrected chi connectivity index (χ4v) is 4.39. The van der Waals surface area contributed by atoms with Crippen molar-refractivity contribution in [1.82, 2.24) is 0 Å². The second-order valence-electron chi connectivity index (χ2n) is 7.51. The van der Waals surface area contributed by atoms with Crippen LogP contribution in [0.2, 0.25) is 0 Å². The summed E-state index contributed by atoms with van der Waals surface area (Å²) in [6.45, 7) is 5.60. The molecule has 0 aliphatic rings. The molecule has 4 aromatic rings. The zero-order valence-electron chi connectivity index (χ0n) is 18.9. The highest BCUT2D eigenvalue weighted by Gasteiger charge is 2.14. The summed E-state index contributed by atoms with van der Waals surface area (Å²) in [5.41, 5.74) is 6.15. The normalized spacial score (nSPS) is 10.5. The van der Waals surface area contributed by atoms with Crippen molar-refractivity contribution in [3.05, 3.63) is 101 Å². The first-order valence-corrected chi connectivity index (χ1v) is 11.8. The van der Waals surface area contributed by atoms with Crippen molar-refractivity contribution in [1.29, 1.82) is 0 Å². The van der Waals surface area contributed by atoms with Crippen LogP contribution in [0.1, 0.15) is 25.0 Å². The lowest BCUT2D eigenvalue weighted by atomic mass is 10.0. The van der Waals surface area contributed by atoms with Crippen LogP contribution in [0.25, 0.3) is 21.6 Å². The zero-order valence-corrected chi connectivity index (χ0v) is 19.7. The van der Waals surface area contributed by atoms with E-state index in [4.69, 9.17) is 4.74 Å². The lowest BCUT2D eigenvalue weighted by Gasteiger charge is -2.13. The average Bonchev–Trinajstić information content (AvgIpc) is 3.30.